The molecular weight excluding hydrogens is 272 g/mol. The Hall–Kier alpha value is -1.66. The topological polar surface area (TPSA) is 52.2 Å². The number of likely N-dealkylation sites (N-methyl/N-ethyl adjacent to an activating group) is 1. The summed E-state index contributed by atoms with van der Waals surface area (Å²) >= 11 is 1.64. The zero-order chi connectivity index (χ0) is 13.9. The van der Waals surface area contributed by atoms with Crippen LogP contribution < -0.4 is 0 Å². The summed E-state index contributed by atoms with van der Waals surface area (Å²) < 4.78 is 0. The van der Waals surface area contributed by atoms with E-state index in [0.717, 1.165) is 23.8 Å². The average Bonchev–Trinajstić information content (AvgIpc) is 3.11. The van der Waals surface area contributed by atoms with Gasteiger partial charge in [-0.1, -0.05) is 6.07 Å². The molecule has 6 heteroatoms. The van der Waals surface area contributed by atoms with E-state index in [0.29, 0.717) is 13.0 Å². The van der Waals surface area contributed by atoms with Gasteiger partial charge in [0.25, 0.3) is 0 Å². The highest BCUT2D eigenvalue weighted by atomic mass is 32.1. The van der Waals surface area contributed by atoms with Gasteiger partial charge in [-0.25, -0.2) is 4.98 Å². The number of rotatable bonds is 3. The van der Waals surface area contributed by atoms with Crippen LogP contribution in [0.15, 0.2) is 29.9 Å². The normalized spacial score (nSPS) is 20.2. The molecule has 0 bridgehead atoms. The van der Waals surface area contributed by atoms with Crippen LogP contribution in [0.4, 0.5) is 0 Å². The maximum absolute atomic E-state index is 12.4. The molecule has 0 spiro atoms. The molecule has 1 N–H and O–H groups in total. The van der Waals surface area contributed by atoms with Crippen molar-refractivity contribution < 1.29 is 4.79 Å². The van der Waals surface area contributed by atoms with Gasteiger partial charge in [-0.3, -0.25) is 9.69 Å². The van der Waals surface area contributed by atoms with Gasteiger partial charge in [-0.15, -0.1) is 11.3 Å². The molecule has 3 rings (SSSR count). The summed E-state index contributed by atoms with van der Waals surface area (Å²) in [6.07, 6.45) is 4.09. The number of H-pyrrole nitrogens is 1. The molecule has 1 fully saturated rings. The van der Waals surface area contributed by atoms with Crippen LogP contribution >= 0.6 is 11.3 Å². The van der Waals surface area contributed by atoms with Gasteiger partial charge in [0, 0.05) is 36.9 Å². The Kier molecular flexibility index (Phi) is 3.84. The molecule has 106 valence electrons. The maximum Gasteiger partial charge on any atom is 0.227 e. The monoisotopic (exact) mass is 290 g/mol. The van der Waals surface area contributed by atoms with E-state index in [9.17, 15) is 4.79 Å². The second-order valence-electron chi connectivity index (χ2n) is 5.07. The summed E-state index contributed by atoms with van der Waals surface area (Å²) in [5.41, 5.74) is 0. The Morgan fingerprint density at radius 2 is 2.45 bits per heavy atom. The number of carbonyl (C=O) groups excluding carboxylic acids is 1. The Bertz CT molecular complexity index is 552. The van der Waals surface area contributed by atoms with Crippen LogP contribution in [0.3, 0.4) is 0 Å². The van der Waals surface area contributed by atoms with Crippen LogP contribution in [0.5, 0.6) is 0 Å². The van der Waals surface area contributed by atoms with E-state index in [1.165, 1.54) is 0 Å². The van der Waals surface area contributed by atoms with Gasteiger partial charge in [0.05, 0.1) is 12.5 Å². The number of hydrogen-bond acceptors (Lipinski definition) is 4. The molecular formula is C14H18N4OS. The minimum absolute atomic E-state index is 0.158. The first-order valence-electron chi connectivity index (χ1n) is 6.73. The standard InChI is InChI=1S/C14H18N4OS/c1-17-6-7-18(10-12(17)14-15-4-5-16-14)13(19)9-11-3-2-8-20-11/h2-5,8,12H,6-7,9-10H2,1H3,(H,15,16)/t12-/m1/s1. The van der Waals surface area contributed by atoms with Crippen LogP contribution in [0.25, 0.3) is 0 Å². The molecule has 0 radical (unpaired) electrons. The van der Waals surface area contributed by atoms with Gasteiger partial charge in [0.1, 0.15) is 5.82 Å². The van der Waals surface area contributed by atoms with Crippen molar-refractivity contribution in [3.63, 3.8) is 0 Å². The summed E-state index contributed by atoms with van der Waals surface area (Å²) in [5.74, 6) is 1.14. The smallest absolute Gasteiger partial charge is 0.227 e. The first-order chi connectivity index (χ1) is 9.74. The summed E-state index contributed by atoms with van der Waals surface area (Å²) in [5, 5.41) is 2.01. The number of amides is 1. The molecule has 3 heterocycles. The summed E-state index contributed by atoms with van der Waals surface area (Å²) in [4.78, 5) is 25.2. The quantitative estimate of drug-likeness (QED) is 0.932. The third-order valence-corrected chi connectivity index (χ3v) is 4.62. The number of aromatic amines is 1. The highest BCUT2D eigenvalue weighted by molar-refractivity contribution is 7.10. The lowest BCUT2D eigenvalue weighted by Gasteiger charge is -2.38. The molecule has 1 atom stereocenters. The molecule has 0 aliphatic carbocycles. The molecule has 2 aromatic heterocycles. The lowest BCUT2D eigenvalue weighted by molar-refractivity contribution is -0.133. The van der Waals surface area contributed by atoms with Gasteiger partial charge in [-0.2, -0.15) is 0 Å². The third kappa shape index (κ3) is 2.76. The van der Waals surface area contributed by atoms with Gasteiger partial charge >= 0.3 is 0 Å². The van der Waals surface area contributed by atoms with Crippen molar-refractivity contribution in [3.05, 3.63) is 40.6 Å². The van der Waals surface area contributed by atoms with Gasteiger partial charge in [0.2, 0.25) is 5.91 Å². The Morgan fingerprint density at radius 3 is 3.15 bits per heavy atom. The second kappa shape index (κ2) is 5.76. The fourth-order valence-electron chi connectivity index (χ4n) is 2.53. The van der Waals surface area contributed by atoms with E-state index in [2.05, 4.69) is 21.9 Å². The van der Waals surface area contributed by atoms with E-state index in [-0.39, 0.29) is 11.9 Å². The highest BCUT2D eigenvalue weighted by Crippen LogP contribution is 2.22. The van der Waals surface area contributed by atoms with Gasteiger partial charge in [0.15, 0.2) is 0 Å². The van der Waals surface area contributed by atoms with E-state index in [1.807, 2.05) is 28.6 Å². The van der Waals surface area contributed by atoms with Crippen molar-refractivity contribution in [1.29, 1.82) is 0 Å². The molecule has 5 nitrogen and oxygen atoms in total. The van der Waals surface area contributed by atoms with E-state index < -0.39 is 0 Å². The van der Waals surface area contributed by atoms with Crippen molar-refractivity contribution in [2.24, 2.45) is 0 Å². The zero-order valence-electron chi connectivity index (χ0n) is 11.5. The Balaban J connectivity index is 1.67. The largest absolute Gasteiger partial charge is 0.347 e. The van der Waals surface area contributed by atoms with E-state index in [1.54, 1.807) is 17.5 Å². The summed E-state index contributed by atoms with van der Waals surface area (Å²) in [6, 6.07) is 4.16. The van der Waals surface area contributed by atoms with Crippen molar-refractivity contribution in [2.45, 2.75) is 12.5 Å². The van der Waals surface area contributed by atoms with Crippen LogP contribution in [0.1, 0.15) is 16.7 Å². The number of carbonyl (C=O) groups is 1. The van der Waals surface area contributed by atoms with Crippen molar-refractivity contribution >= 4 is 17.2 Å². The molecule has 1 saturated heterocycles. The minimum atomic E-state index is 0.158. The maximum atomic E-state index is 12.4. The Morgan fingerprint density at radius 1 is 1.55 bits per heavy atom. The predicted molar refractivity (Wildman–Crippen MR) is 78.6 cm³/mol. The third-order valence-electron chi connectivity index (χ3n) is 3.74. The van der Waals surface area contributed by atoms with Crippen LogP contribution in [0, 0.1) is 0 Å². The fraction of sp³-hybridized carbons (Fsp3) is 0.429. The molecule has 20 heavy (non-hydrogen) atoms. The molecule has 0 saturated carbocycles. The molecule has 1 aliphatic heterocycles. The minimum Gasteiger partial charge on any atom is -0.347 e. The molecule has 2 aromatic rings. The Labute approximate surface area is 122 Å². The van der Waals surface area contributed by atoms with Crippen LogP contribution in [-0.4, -0.2) is 52.4 Å². The van der Waals surface area contributed by atoms with Crippen molar-refractivity contribution in [3.8, 4) is 0 Å². The molecule has 0 unspecified atom stereocenters. The molecule has 1 amide bonds. The number of aromatic nitrogens is 2. The zero-order valence-corrected chi connectivity index (χ0v) is 12.3. The lowest BCUT2D eigenvalue weighted by Crippen LogP contribution is -2.49. The van der Waals surface area contributed by atoms with Gasteiger partial charge < -0.3 is 9.88 Å². The number of nitrogens with one attached hydrogen (secondary N) is 1. The number of hydrogen-bond donors (Lipinski definition) is 1. The molecule has 0 aromatic carbocycles. The van der Waals surface area contributed by atoms with Crippen LogP contribution in [-0.2, 0) is 11.2 Å². The second-order valence-corrected chi connectivity index (χ2v) is 6.10. The number of piperazine rings is 1. The number of thiophene rings is 1. The average molecular weight is 290 g/mol. The number of imidazole rings is 1. The molecule has 1 aliphatic rings. The SMILES string of the molecule is CN1CCN(C(=O)Cc2cccs2)C[C@@H]1c1ncc[nH]1. The van der Waals surface area contributed by atoms with Crippen molar-refractivity contribution in [2.75, 3.05) is 26.7 Å². The highest BCUT2D eigenvalue weighted by Gasteiger charge is 2.29. The summed E-state index contributed by atoms with van der Waals surface area (Å²) in [6.45, 7) is 2.37. The number of nitrogens with zero attached hydrogens (tertiary/aromatic N) is 3. The summed E-state index contributed by atoms with van der Waals surface area (Å²) in [7, 11) is 2.08. The first-order valence-corrected chi connectivity index (χ1v) is 7.61. The van der Waals surface area contributed by atoms with Crippen molar-refractivity contribution in [1.82, 2.24) is 19.8 Å². The predicted octanol–water partition coefficient (Wildman–Crippen LogP) is 1.53. The van der Waals surface area contributed by atoms with E-state index in [4.69, 9.17) is 0 Å². The lowest BCUT2D eigenvalue weighted by atomic mass is 10.1. The van der Waals surface area contributed by atoms with E-state index >= 15 is 0 Å². The first kappa shape index (κ1) is 13.3. The van der Waals surface area contributed by atoms with Crippen LogP contribution in [0.2, 0.25) is 0 Å². The fourth-order valence-corrected chi connectivity index (χ4v) is 3.23. The van der Waals surface area contributed by atoms with Gasteiger partial charge in [-0.05, 0) is 18.5 Å².